The van der Waals surface area contributed by atoms with Crippen LogP contribution in [-0.4, -0.2) is 35.9 Å². The third kappa shape index (κ3) is 3.11. The predicted octanol–water partition coefficient (Wildman–Crippen LogP) is 1.79. The van der Waals surface area contributed by atoms with Crippen LogP contribution >= 0.6 is 0 Å². The fraction of sp³-hybridized carbons (Fsp3) is 0.545. The molecule has 0 radical (unpaired) electrons. The van der Waals surface area contributed by atoms with Gasteiger partial charge in [0.05, 0.1) is 0 Å². The molecule has 0 aromatic carbocycles. The van der Waals surface area contributed by atoms with E-state index < -0.39 is 21.1 Å². The molecule has 0 unspecified atom stereocenters. The summed E-state index contributed by atoms with van der Waals surface area (Å²) in [6, 6.07) is 2.21. The van der Waals surface area contributed by atoms with Crippen LogP contribution in [0, 0.1) is 0 Å². The van der Waals surface area contributed by atoms with E-state index in [1.54, 1.807) is 4.90 Å². The fourth-order valence-corrected chi connectivity index (χ4v) is 2.20. The molecule has 6 nitrogen and oxygen atoms in total. The third-order valence-electron chi connectivity index (χ3n) is 2.39. The van der Waals surface area contributed by atoms with Crippen LogP contribution < -0.4 is 0 Å². The van der Waals surface area contributed by atoms with Crippen molar-refractivity contribution >= 4 is 16.0 Å². The van der Waals surface area contributed by atoms with E-state index >= 15 is 0 Å². The summed E-state index contributed by atoms with van der Waals surface area (Å²) in [4.78, 5) is 13.7. The quantitative estimate of drug-likeness (QED) is 0.846. The zero-order valence-electron chi connectivity index (χ0n) is 10.7. The van der Waals surface area contributed by atoms with Crippen LogP contribution in [0.3, 0.4) is 0 Å². The molecule has 18 heavy (non-hydrogen) atoms. The van der Waals surface area contributed by atoms with Crippen molar-refractivity contribution in [1.82, 2.24) is 4.90 Å². The van der Waals surface area contributed by atoms with Gasteiger partial charge in [0.1, 0.15) is 0 Å². The molecule has 1 N–H and O–H groups in total. The Kier molecular flexibility index (Phi) is 4.18. The summed E-state index contributed by atoms with van der Waals surface area (Å²) in [6.45, 7) is 7.41. The Labute approximate surface area is 106 Å². The average molecular weight is 275 g/mol. The molecular formula is C11H17NO5S. The summed E-state index contributed by atoms with van der Waals surface area (Å²) in [6.07, 6.45) is 0. The van der Waals surface area contributed by atoms with E-state index in [1.165, 1.54) is 6.07 Å². The normalized spacial score (nSPS) is 12.2. The lowest BCUT2D eigenvalue weighted by Gasteiger charge is -2.29. The van der Waals surface area contributed by atoms with Gasteiger partial charge in [-0.2, -0.15) is 8.42 Å². The first-order valence-electron chi connectivity index (χ1n) is 5.54. The van der Waals surface area contributed by atoms with Crippen LogP contribution in [0.1, 0.15) is 38.2 Å². The first-order valence-corrected chi connectivity index (χ1v) is 6.98. The van der Waals surface area contributed by atoms with Gasteiger partial charge in [-0.15, -0.1) is 0 Å². The van der Waals surface area contributed by atoms with Crippen LogP contribution in [-0.2, 0) is 10.1 Å². The molecule has 0 saturated carbocycles. The van der Waals surface area contributed by atoms with E-state index in [4.69, 9.17) is 8.97 Å². The minimum absolute atomic E-state index is 0.0446. The molecule has 0 atom stereocenters. The Bertz CT molecular complexity index is 521. The summed E-state index contributed by atoms with van der Waals surface area (Å²) in [5.41, 5.74) is 0. The predicted molar refractivity (Wildman–Crippen MR) is 65.0 cm³/mol. The number of rotatable bonds is 4. The van der Waals surface area contributed by atoms with Gasteiger partial charge in [-0.25, -0.2) is 0 Å². The highest BCUT2D eigenvalue weighted by Gasteiger charge is 2.26. The molecule has 1 amide bonds. The number of furan rings is 1. The van der Waals surface area contributed by atoms with Crippen molar-refractivity contribution in [3.8, 4) is 0 Å². The molecule has 1 rings (SSSR count). The highest BCUT2D eigenvalue weighted by atomic mass is 32.2. The molecule has 0 spiro atoms. The van der Waals surface area contributed by atoms with Crippen LogP contribution in [0.15, 0.2) is 21.6 Å². The van der Waals surface area contributed by atoms with E-state index in [1.807, 2.05) is 27.7 Å². The second kappa shape index (κ2) is 5.11. The number of nitrogens with zero attached hydrogens (tertiary/aromatic N) is 1. The van der Waals surface area contributed by atoms with Gasteiger partial charge >= 0.3 is 10.1 Å². The number of amides is 1. The number of hydrogen-bond donors (Lipinski definition) is 1. The molecule has 0 saturated heterocycles. The molecule has 1 aromatic heterocycles. The Morgan fingerprint density at radius 1 is 1.22 bits per heavy atom. The molecule has 0 aliphatic heterocycles. The van der Waals surface area contributed by atoms with Gasteiger partial charge in [0.25, 0.3) is 5.91 Å². The number of hydrogen-bond acceptors (Lipinski definition) is 4. The highest BCUT2D eigenvalue weighted by molar-refractivity contribution is 7.85. The van der Waals surface area contributed by atoms with E-state index in [0.29, 0.717) is 0 Å². The summed E-state index contributed by atoms with van der Waals surface area (Å²) < 4.78 is 35.3. The third-order valence-corrected chi connectivity index (χ3v) is 3.12. The van der Waals surface area contributed by atoms with Gasteiger partial charge in [-0.05, 0) is 39.8 Å². The van der Waals surface area contributed by atoms with E-state index in [0.717, 1.165) is 6.07 Å². The van der Waals surface area contributed by atoms with Gasteiger partial charge in [-0.1, -0.05) is 0 Å². The Morgan fingerprint density at radius 2 is 1.72 bits per heavy atom. The lowest BCUT2D eigenvalue weighted by atomic mass is 10.2. The fourth-order valence-electron chi connectivity index (χ4n) is 1.77. The van der Waals surface area contributed by atoms with Crippen molar-refractivity contribution in [2.75, 3.05) is 0 Å². The summed E-state index contributed by atoms with van der Waals surface area (Å²) >= 11 is 0. The zero-order valence-corrected chi connectivity index (χ0v) is 11.6. The average Bonchev–Trinajstić information content (AvgIpc) is 2.63. The summed E-state index contributed by atoms with van der Waals surface area (Å²) in [5, 5.41) is -0.627. The van der Waals surface area contributed by atoms with E-state index in [-0.39, 0.29) is 17.8 Å². The minimum Gasteiger partial charge on any atom is -0.437 e. The van der Waals surface area contributed by atoms with Crippen molar-refractivity contribution in [1.29, 1.82) is 0 Å². The standard InChI is InChI=1S/C11H17NO5S/c1-7(2)12(8(3)4)11(13)9-5-6-10(17-9)18(14,15)16/h5-8H,1-4H3,(H,14,15,16). The first-order chi connectivity index (χ1) is 8.14. The largest absolute Gasteiger partial charge is 0.437 e. The molecular weight excluding hydrogens is 258 g/mol. The molecule has 7 heteroatoms. The summed E-state index contributed by atoms with van der Waals surface area (Å²) in [5.74, 6) is -0.514. The second-order valence-corrected chi connectivity index (χ2v) is 5.85. The maximum Gasteiger partial charge on any atom is 0.328 e. The molecule has 0 aliphatic rings. The molecule has 1 heterocycles. The van der Waals surface area contributed by atoms with Gasteiger partial charge in [-0.3, -0.25) is 9.35 Å². The zero-order chi connectivity index (χ0) is 14.1. The second-order valence-electron chi connectivity index (χ2n) is 4.49. The lowest BCUT2D eigenvalue weighted by molar-refractivity contribution is 0.0604. The molecule has 0 fully saturated rings. The van der Waals surface area contributed by atoms with Gasteiger partial charge in [0.15, 0.2) is 5.76 Å². The topological polar surface area (TPSA) is 87.8 Å². The minimum atomic E-state index is -4.42. The summed E-state index contributed by atoms with van der Waals surface area (Å²) in [7, 11) is -4.42. The smallest absolute Gasteiger partial charge is 0.328 e. The highest BCUT2D eigenvalue weighted by Crippen LogP contribution is 2.17. The van der Waals surface area contributed by atoms with Crippen molar-refractivity contribution < 1.29 is 22.2 Å². The Balaban J connectivity index is 3.08. The van der Waals surface area contributed by atoms with Crippen molar-refractivity contribution in [2.45, 2.75) is 44.9 Å². The first kappa shape index (κ1) is 14.7. The maximum atomic E-state index is 12.1. The van der Waals surface area contributed by atoms with Crippen molar-refractivity contribution in [2.24, 2.45) is 0 Å². The van der Waals surface area contributed by atoms with Crippen LogP contribution in [0.4, 0.5) is 0 Å². The molecule has 1 aromatic rings. The van der Waals surface area contributed by atoms with E-state index in [9.17, 15) is 13.2 Å². The van der Waals surface area contributed by atoms with Gasteiger partial charge < -0.3 is 9.32 Å². The van der Waals surface area contributed by atoms with Gasteiger partial charge in [0, 0.05) is 12.1 Å². The maximum absolute atomic E-state index is 12.1. The van der Waals surface area contributed by atoms with Crippen LogP contribution in [0.2, 0.25) is 0 Å². The molecule has 0 aliphatic carbocycles. The monoisotopic (exact) mass is 275 g/mol. The van der Waals surface area contributed by atoms with Crippen molar-refractivity contribution in [3.05, 3.63) is 17.9 Å². The Morgan fingerprint density at radius 3 is 2.06 bits per heavy atom. The van der Waals surface area contributed by atoms with Crippen LogP contribution in [0.25, 0.3) is 0 Å². The van der Waals surface area contributed by atoms with Crippen LogP contribution in [0.5, 0.6) is 0 Å². The lowest BCUT2D eigenvalue weighted by Crippen LogP contribution is -2.41. The molecule has 102 valence electrons. The van der Waals surface area contributed by atoms with E-state index in [2.05, 4.69) is 0 Å². The molecule has 0 bridgehead atoms. The number of carbonyl (C=O) groups excluding carboxylic acids is 1. The van der Waals surface area contributed by atoms with Crippen molar-refractivity contribution in [3.63, 3.8) is 0 Å². The SMILES string of the molecule is CC(C)N(C(=O)c1ccc(S(=O)(=O)O)o1)C(C)C. The Hall–Kier alpha value is -1.34. The number of carbonyl (C=O) groups is 1. The van der Waals surface area contributed by atoms with Gasteiger partial charge in [0.2, 0.25) is 5.09 Å².